The minimum Gasteiger partial charge on any atom is -0.325 e. The summed E-state index contributed by atoms with van der Waals surface area (Å²) in [7, 11) is -3.31. The van der Waals surface area contributed by atoms with E-state index in [1.54, 1.807) is 31.2 Å². The molecule has 0 fully saturated rings. The van der Waals surface area contributed by atoms with Gasteiger partial charge in [0.15, 0.2) is 0 Å². The fourth-order valence-corrected chi connectivity index (χ4v) is 2.99. The summed E-state index contributed by atoms with van der Waals surface area (Å²) in [4.78, 5) is 12.0. The largest absolute Gasteiger partial charge is 0.325 e. The predicted molar refractivity (Wildman–Crippen MR) is 97.5 cm³/mol. The van der Waals surface area contributed by atoms with Gasteiger partial charge >= 0.3 is 0 Å². The summed E-state index contributed by atoms with van der Waals surface area (Å²) in [6.45, 7) is 5.71. The zero-order valence-corrected chi connectivity index (χ0v) is 15.3. The molecule has 0 heterocycles. The first kappa shape index (κ1) is 21.7. The van der Waals surface area contributed by atoms with E-state index in [2.05, 4.69) is 10.0 Å². The van der Waals surface area contributed by atoms with Crippen molar-refractivity contribution in [1.29, 1.82) is 0 Å². The van der Waals surface area contributed by atoms with Crippen molar-refractivity contribution < 1.29 is 13.2 Å². The fraction of sp³-hybridized carbons (Fsp3) is 0.533. The number of carbonyl (C=O) groups is 1. The number of nitrogens with two attached hydrogens (primary N) is 1. The number of hydrogen-bond donors (Lipinski definition) is 3. The molecule has 0 aromatic heterocycles. The molecular weight excluding hydrogens is 338 g/mol. The number of amides is 1. The lowest BCUT2D eigenvalue weighted by atomic mass is 9.99. The van der Waals surface area contributed by atoms with Gasteiger partial charge in [-0.15, -0.1) is 12.4 Å². The molecule has 23 heavy (non-hydrogen) atoms. The molecule has 1 aromatic carbocycles. The molecule has 2 unspecified atom stereocenters. The van der Waals surface area contributed by atoms with Crippen LogP contribution in [-0.2, 0) is 14.8 Å². The van der Waals surface area contributed by atoms with Gasteiger partial charge in [-0.05, 0) is 36.6 Å². The highest BCUT2D eigenvalue weighted by Crippen LogP contribution is 2.16. The smallest absolute Gasteiger partial charge is 0.241 e. The second-order valence-electron chi connectivity index (χ2n) is 5.40. The number of sulfonamides is 1. The van der Waals surface area contributed by atoms with E-state index in [4.69, 9.17) is 5.73 Å². The third-order valence-corrected chi connectivity index (χ3v) is 4.95. The Morgan fingerprint density at radius 1 is 1.17 bits per heavy atom. The number of carbonyl (C=O) groups excluding carboxylic acids is 1. The summed E-state index contributed by atoms with van der Waals surface area (Å²) in [5, 5.41) is 2.73. The minimum absolute atomic E-state index is 0. The Balaban J connectivity index is 0.00000484. The zero-order valence-electron chi connectivity index (χ0n) is 13.7. The molecule has 132 valence electrons. The van der Waals surface area contributed by atoms with Crippen molar-refractivity contribution in [2.45, 2.75) is 39.7 Å². The lowest BCUT2D eigenvalue weighted by Gasteiger charge is -2.17. The monoisotopic (exact) mass is 363 g/mol. The lowest BCUT2D eigenvalue weighted by Crippen LogP contribution is -2.40. The zero-order chi connectivity index (χ0) is 16.8. The van der Waals surface area contributed by atoms with Crippen molar-refractivity contribution in [1.82, 2.24) is 0 Å². The molecule has 0 bridgehead atoms. The normalized spacial score (nSPS) is 13.6. The van der Waals surface area contributed by atoms with Crippen LogP contribution in [0.25, 0.3) is 0 Å². The van der Waals surface area contributed by atoms with Crippen LogP contribution in [0.1, 0.15) is 33.6 Å². The number of benzene rings is 1. The van der Waals surface area contributed by atoms with E-state index in [9.17, 15) is 13.2 Å². The molecule has 0 aliphatic rings. The van der Waals surface area contributed by atoms with Crippen molar-refractivity contribution >= 4 is 39.7 Å². The van der Waals surface area contributed by atoms with Gasteiger partial charge < -0.3 is 11.1 Å². The van der Waals surface area contributed by atoms with Crippen molar-refractivity contribution in [2.24, 2.45) is 11.7 Å². The van der Waals surface area contributed by atoms with Crippen molar-refractivity contribution in [3.63, 3.8) is 0 Å². The van der Waals surface area contributed by atoms with Gasteiger partial charge in [0.05, 0.1) is 11.8 Å². The maximum Gasteiger partial charge on any atom is 0.241 e. The molecule has 0 aliphatic carbocycles. The Kier molecular flexibility index (Phi) is 9.19. The van der Waals surface area contributed by atoms with Crippen LogP contribution >= 0.6 is 12.4 Å². The van der Waals surface area contributed by atoms with Gasteiger partial charge in [0.25, 0.3) is 0 Å². The summed E-state index contributed by atoms with van der Waals surface area (Å²) in [6.07, 6.45) is 1.38. The fourth-order valence-electron chi connectivity index (χ4n) is 1.86. The first-order chi connectivity index (χ1) is 10.3. The molecule has 1 amide bonds. The molecule has 6 nitrogen and oxygen atoms in total. The molecular formula is C15H26ClN3O3S. The van der Waals surface area contributed by atoms with E-state index in [1.807, 2.05) is 13.8 Å². The molecule has 4 N–H and O–H groups in total. The van der Waals surface area contributed by atoms with E-state index < -0.39 is 16.1 Å². The standard InChI is InChI=1S/C15H25N3O3S.ClH/c1-4-10-22(20,21)18-13-8-6-12(7-9-13)17-15(19)14(16)11(3)5-2;/h6-9,11,14,18H,4-5,10,16H2,1-3H3,(H,17,19);1H. The van der Waals surface area contributed by atoms with Crippen molar-refractivity contribution in [2.75, 3.05) is 15.8 Å². The second kappa shape index (κ2) is 9.75. The van der Waals surface area contributed by atoms with Crippen LogP contribution < -0.4 is 15.8 Å². The number of nitrogens with one attached hydrogen (secondary N) is 2. The van der Waals surface area contributed by atoms with E-state index in [0.717, 1.165) is 6.42 Å². The Morgan fingerprint density at radius 3 is 2.17 bits per heavy atom. The van der Waals surface area contributed by atoms with Crippen LogP contribution in [0, 0.1) is 5.92 Å². The van der Waals surface area contributed by atoms with Crippen LogP contribution in [0.2, 0.25) is 0 Å². The highest BCUT2D eigenvalue weighted by Gasteiger charge is 2.19. The van der Waals surface area contributed by atoms with E-state index in [-0.39, 0.29) is 30.0 Å². The van der Waals surface area contributed by atoms with Gasteiger partial charge in [-0.3, -0.25) is 9.52 Å². The number of halogens is 1. The van der Waals surface area contributed by atoms with Gasteiger partial charge in [0, 0.05) is 11.4 Å². The molecule has 2 atom stereocenters. The average molecular weight is 364 g/mol. The Morgan fingerprint density at radius 2 is 1.70 bits per heavy atom. The Bertz CT molecular complexity index is 590. The van der Waals surface area contributed by atoms with Crippen LogP contribution in [-0.4, -0.2) is 26.1 Å². The quantitative estimate of drug-likeness (QED) is 0.660. The van der Waals surface area contributed by atoms with E-state index in [0.29, 0.717) is 17.8 Å². The van der Waals surface area contributed by atoms with Gasteiger partial charge in [-0.1, -0.05) is 27.2 Å². The van der Waals surface area contributed by atoms with Crippen LogP contribution in [0.4, 0.5) is 11.4 Å². The van der Waals surface area contributed by atoms with Crippen molar-refractivity contribution in [3.8, 4) is 0 Å². The minimum atomic E-state index is -3.31. The topological polar surface area (TPSA) is 101 Å². The molecule has 1 rings (SSSR count). The first-order valence-electron chi connectivity index (χ1n) is 7.46. The van der Waals surface area contributed by atoms with Crippen LogP contribution in [0.5, 0.6) is 0 Å². The molecule has 0 aliphatic heterocycles. The molecule has 8 heteroatoms. The number of rotatable bonds is 8. The average Bonchev–Trinajstić information content (AvgIpc) is 2.47. The van der Waals surface area contributed by atoms with Gasteiger partial charge in [-0.25, -0.2) is 8.42 Å². The van der Waals surface area contributed by atoms with Crippen LogP contribution in [0.15, 0.2) is 24.3 Å². The summed E-state index contributed by atoms with van der Waals surface area (Å²) < 4.78 is 25.8. The summed E-state index contributed by atoms with van der Waals surface area (Å²) in [6, 6.07) is 5.94. The third kappa shape index (κ3) is 7.20. The SMILES string of the molecule is CCCS(=O)(=O)Nc1ccc(NC(=O)C(N)C(C)CC)cc1.Cl. The second-order valence-corrected chi connectivity index (χ2v) is 7.24. The lowest BCUT2D eigenvalue weighted by molar-refractivity contribution is -0.118. The van der Waals surface area contributed by atoms with Crippen molar-refractivity contribution in [3.05, 3.63) is 24.3 Å². The van der Waals surface area contributed by atoms with Gasteiger partial charge in [-0.2, -0.15) is 0 Å². The molecule has 0 radical (unpaired) electrons. The van der Waals surface area contributed by atoms with E-state index in [1.165, 1.54) is 0 Å². The summed E-state index contributed by atoms with van der Waals surface area (Å²) in [5.74, 6) is -0.0660. The highest BCUT2D eigenvalue weighted by molar-refractivity contribution is 7.92. The molecule has 0 spiro atoms. The first-order valence-corrected chi connectivity index (χ1v) is 9.11. The Labute approximate surface area is 144 Å². The van der Waals surface area contributed by atoms with Gasteiger partial charge in [0.1, 0.15) is 0 Å². The maximum atomic E-state index is 12.0. The number of anilines is 2. The van der Waals surface area contributed by atoms with Crippen LogP contribution in [0.3, 0.4) is 0 Å². The highest BCUT2D eigenvalue weighted by atomic mass is 35.5. The number of hydrogen-bond acceptors (Lipinski definition) is 4. The third-order valence-electron chi connectivity index (χ3n) is 3.46. The Hall–Kier alpha value is -1.31. The molecule has 0 saturated carbocycles. The van der Waals surface area contributed by atoms with Gasteiger partial charge in [0.2, 0.25) is 15.9 Å². The summed E-state index contributed by atoms with van der Waals surface area (Å²) in [5.41, 5.74) is 6.92. The molecule has 0 saturated heterocycles. The van der Waals surface area contributed by atoms with E-state index >= 15 is 0 Å². The summed E-state index contributed by atoms with van der Waals surface area (Å²) >= 11 is 0. The predicted octanol–water partition coefficient (Wildman–Crippen LogP) is 2.57. The molecule has 1 aromatic rings. The maximum absolute atomic E-state index is 12.0.